The average molecular weight is 275 g/mol. The van der Waals surface area contributed by atoms with Gasteiger partial charge in [0.05, 0.1) is 6.61 Å². The van der Waals surface area contributed by atoms with Crippen molar-refractivity contribution in [3.8, 4) is 0 Å². The number of hydrogen-bond acceptors (Lipinski definition) is 4. The van der Waals surface area contributed by atoms with E-state index in [-0.39, 0.29) is 13.2 Å². The van der Waals surface area contributed by atoms with Crippen molar-refractivity contribution in [2.24, 2.45) is 5.92 Å². The Morgan fingerprint density at radius 1 is 1.30 bits per heavy atom. The fraction of sp³-hybridized carbons (Fsp3) is 0.400. The zero-order valence-corrected chi connectivity index (χ0v) is 11.4. The molecule has 5 nitrogen and oxygen atoms in total. The van der Waals surface area contributed by atoms with Crippen LogP contribution in [0.4, 0.5) is 0 Å². The molecule has 1 aliphatic heterocycles. The summed E-state index contributed by atoms with van der Waals surface area (Å²) in [4.78, 5) is 36.8. The smallest absolute Gasteiger partial charge is 0.318 e. The minimum Gasteiger partial charge on any atom is -0.465 e. The number of hydrogen-bond donors (Lipinski definition) is 0. The topological polar surface area (TPSA) is 63.7 Å². The molecular weight excluding hydrogens is 258 g/mol. The third kappa shape index (κ3) is 3.04. The van der Waals surface area contributed by atoms with Crippen LogP contribution in [0.25, 0.3) is 0 Å². The molecule has 0 aromatic heterocycles. The lowest BCUT2D eigenvalue weighted by Crippen LogP contribution is -2.26. The van der Waals surface area contributed by atoms with E-state index < -0.39 is 23.6 Å². The first-order chi connectivity index (χ1) is 9.63. The second kappa shape index (κ2) is 6.32. The summed E-state index contributed by atoms with van der Waals surface area (Å²) in [5.41, 5.74) is 0.927. The minimum absolute atomic E-state index is 0.106. The minimum atomic E-state index is -0.974. The van der Waals surface area contributed by atoms with E-state index in [1.165, 1.54) is 4.90 Å². The number of ether oxygens (including phenoxy) is 1. The molecule has 0 radical (unpaired) electrons. The number of carbonyl (C=O) groups excluding carboxylic acids is 3. The highest BCUT2D eigenvalue weighted by molar-refractivity contribution is 6.42. The molecule has 20 heavy (non-hydrogen) atoms. The second-order valence-electron chi connectivity index (χ2n) is 4.76. The average Bonchev–Trinajstić information content (AvgIpc) is 2.74. The number of benzene rings is 1. The maximum atomic E-state index is 11.9. The highest BCUT2D eigenvalue weighted by Crippen LogP contribution is 2.18. The highest BCUT2D eigenvalue weighted by atomic mass is 16.5. The van der Waals surface area contributed by atoms with Gasteiger partial charge in [0.15, 0.2) is 0 Å². The molecule has 1 heterocycles. The van der Waals surface area contributed by atoms with E-state index in [4.69, 9.17) is 4.74 Å². The van der Waals surface area contributed by atoms with Crippen molar-refractivity contribution in [3.05, 3.63) is 35.9 Å². The van der Waals surface area contributed by atoms with Crippen LogP contribution in [0.5, 0.6) is 0 Å². The Balaban J connectivity index is 2.02. The molecule has 0 aliphatic carbocycles. The summed E-state index contributed by atoms with van der Waals surface area (Å²) >= 11 is 0. The molecule has 1 aromatic carbocycles. The van der Waals surface area contributed by atoms with Crippen molar-refractivity contribution in [1.29, 1.82) is 0 Å². The number of carbonyl (C=O) groups is 3. The second-order valence-corrected chi connectivity index (χ2v) is 4.76. The van der Waals surface area contributed by atoms with Gasteiger partial charge in [-0.25, -0.2) is 0 Å². The molecule has 1 unspecified atom stereocenters. The van der Waals surface area contributed by atoms with Crippen molar-refractivity contribution >= 4 is 17.7 Å². The lowest BCUT2D eigenvalue weighted by Gasteiger charge is -2.15. The predicted octanol–water partition coefficient (Wildman–Crippen LogP) is 1.17. The predicted molar refractivity (Wildman–Crippen MR) is 71.6 cm³/mol. The molecule has 1 fully saturated rings. The first-order valence-electron chi connectivity index (χ1n) is 6.67. The number of Topliss-reactive ketones (excluding diaryl/α,β-unsaturated/α-hetero) is 1. The lowest BCUT2D eigenvalue weighted by atomic mass is 10.1. The van der Waals surface area contributed by atoms with Crippen LogP contribution in [0.2, 0.25) is 0 Å². The first-order valence-corrected chi connectivity index (χ1v) is 6.67. The molecule has 106 valence electrons. The summed E-state index contributed by atoms with van der Waals surface area (Å²) in [6.45, 7) is 2.59. The third-order valence-electron chi connectivity index (χ3n) is 3.17. The zero-order chi connectivity index (χ0) is 14.5. The maximum Gasteiger partial charge on any atom is 0.318 e. The molecular formula is C15H17NO4. The fourth-order valence-corrected chi connectivity index (χ4v) is 2.12. The molecule has 1 saturated heterocycles. The molecule has 2 rings (SSSR count). The Kier molecular flexibility index (Phi) is 4.50. The third-order valence-corrected chi connectivity index (χ3v) is 3.17. The lowest BCUT2D eigenvalue weighted by molar-refractivity contribution is -0.152. The molecule has 1 aromatic rings. The van der Waals surface area contributed by atoms with Gasteiger partial charge in [0, 0.05) is 13.1 Å². The number of ketones is 1. The number of esters is 1. The summed E-state index contributed by atoms with van der Waals surface area (Å²) in [6.07, 6.45) is 0.689. The summed E-state index contributed by atoms with van der Waals surface area (Å²) in [5, 5.41) is 0. The molecule has 1 aliphatic rings. The van der Waals surface area contributed by atoms with Gasteiger partial charge in [-0.15, -0.1) is 0 Å². The molecule has 5 heteroatoms. The Morgan fingerprint density at radius 3 is 2.65 bits per heavy atom. The van der Waals surface area contributed by atoms with Gasteiger partial charge in [-0.3, -0.25) is 14.4 Å². The highest BCUT2D eigenvalue weighted by Gasteiger charge is 2.43. The van der Waals surface area contributed by atoms with Crippen LogP contribution in [0, 0.1) is 5.92 Å². The Morgan fingerprint density at radius 2 is 2.00 bits per heavy atom. The largest absolute Gasteiger partial charge is 0.465 e. The van der Waals surface area contributed by atoms with Crippen LogP contribution in [-0.2, 0) is 25.7 Å². The molecule has 1 atom stereocenters. The SMILES string of the molecule is CCCOC(=O)C1CN(Cc2ccccc2)C(=O)C1=O. The van der Waals surface area contributed by atoms with Gasteiger partial charge >= 0.3 is 5.97 Å². The van der Waals surface area contributed by atoms with E-state index >= 15 is 0 Å². The zero-order valence-electron chi connectivity index (χ0n) is 11.4. The van der Waals surface area contributed by atoms with Gasteiger partial charge in [0.1, 0.15) is 5.92 Å². The monoisotopic (exact) mass is 275 g/mol. The number of likely N-dealkylation sites (tertiary alicyclic amines) is 1. The Bertz CT molecular complexity index is 512. The van der Waals surface area contributed by atoms with Crippen molar-refractivity contribution in [2.75, 3.05) is 13.2 Å². The van der Waals surface area contributed by atoms with Crippen LogP contribution < -0.4 is 0 Å². The molecule has 1 amide bonds. The maximum absolute atomic E-state index is 11.9. The van der Waals surface area contributed by atoms with E-state index in [1.54, 1.807) is 0 Å². The quantitative estimate of drug-likeness (QED) is 0.459. The summed E-state index contributed by atoms with van der Waals surface area (Å²) in [7, 11) is 0. The van der Waals surface area contributed by atoms with Crippen LogP contribution in [-0.4, -0.2) is 35.7 Å². The van der Waals surface area contributed by atoms with Gasteiger partial charge in [-0.05, 0) is 12.0 Å². The molecule has 0 bridgehead atoms. The van der Waals surface area contributed by atoms with Crippen LogP contribution in [0.1, 0.15) is 18.9 Å². The Labute approximate surface area is 117 Å². The van der Waals surface area contributed by atoms with E-state index in [9.17, 15) is 14.4 Å². The number of nitrogens with zero attached hydrogens (tertiary/aromatic N) is 1. The summed E-state index contributed by atoms with van der Waals surface area (Å²) in [5.74, 6) is -2.84. The first kappa shape index (κ1) is 14.2. The molecule has 0 spiro atoms. The van der Waals surface area contributed by atoms with E-state index in [2.05, 4.69) is 0 Å². The number of amides is 1. The summed E-state index contributed by atoms with van der Waals surface area (Å²) in [6, 6.07) is 9.36. The van der Waals surface area contributed by atoms with Crippen molar-refractivity contribution in [1.82, 2.24) is 4.90 Å². The van der Waals surface area contributed by atoms with Crippen molar-refractivity contribution in [3.63, 3.8) is 0 Å². The fourth-order valence-electron chi connectivity index (χ4n) is 2.12. The van der Waals surface area contributed by atoms with Gasteiger partial charge in [-0.2, -0.15) is 0 Å². The van der Waals surface area contributed by atoms with Gasteiger partial charge in [0.2, 0.25) is 5.78 Å². The molecule has 0 N–H and O–H groups in total. The van der Waals surface area contributed by atoms with E-state index in [0.29, 0.717) is 13.0 Å². The summed E-state index contributed by atoms with van der Waals surface area (Å²) < 4.78 is 4.95. The van der Waals surface area contributed by atoms with Crippen molar-refractivity contribution in [2.45, 2.75) is 19.9 Å². The number of rotatable bonds is 5. The van der Waals surface area contributed by atoms with Crippen LogP contribution >= 0.6 is 0 Å². The van der Waals surface area contributed by atoms with E-state index in [1.807, 2.05) is 37.3 Å². The van der Waals surface area contributed by atoms with Crippen LogP contribution in [0.3, 0.4) is 0 Å². The standard InChI is InChI=1S/C15H17NO4/c1-2-8-20-15(19)12-10-16(14(18)13(12)17)9-11-6-4-3-5-7-11/h3-7,12H,2,8-10H2,1H3. The van der Waals surface area contributed by atoms with Gasteiger partial charge in [-0.1, -0.05) is 37.3 Å². The van der Waals surface area contributed by atoms with Gasteiger partial charge < -0.3 is 9.64 Å². The Hall–Kier alpha value is -2.17. The van der Waals surface area contributed by atoms with Crippen molar-refractivity contribution < 1.29 is 19.1 Å². The van der Waals surface area contributed by atoms with Gasteiger partial charge in [0.25, 0.3) is 5.91 Å². The van der Waals surface area contributed by atoms with Crippen LogP contribution in [0.15, 0.2) is 30.3 Å². The molecule has 0 saturated carbocycles. The normalized spacial score (nSPS) is 18.4. The van der Waals surface area contributed by atoms with E-state index in [0.717, 1.165) is 5.56 Å².